The van der Waals surface area contributed by atoms with Crippen molar-refractivity contribution in [2.24, 2.45) is 5.73 Å². The number of anilines is 1. The van der Waals surface area contributed by atoms with Crippen molar-refractivity contribution in [1.29, 1.82) is 0 Å². The zero-order chi connectivity index (χ0) is 17.3. The number of nitrogens with zero attached hydrogens (tertiary/aromatic N) is 5. The lowest BCUT2D eigenvalue weighted by Crippen LogP contribution is -2.27. The second kappa shape index (κ2) is 6.07. The molecule has 24 heavy (non-hydrogen) atoms. The van der Waals surface area contributed by atoms with E-state index in [9.17, 15) is 9.59 Å². The van der Waals surface area contributed by atoms with Gasteiger partial charge in [-0.1, -0.05) is 12.1 Å². The van der Waals surface area contributed by atoms with E-state index in [1.54, 1.807) is 4.90 Å². The Bertz CT molecular complexity index is 916. The maximum atomic E-state index is 11.7. The van der Waals surface area contributed by atoms with Gasteiger partial charge in [-0.15, -0.1) is 0 Å². The number of benzene rings is 1. The van der Waals surface area contributed by atoms with E-state index in [1.807, 2.05) is 31.2 Å². The minimum atomic E-state index is -0.599. The topological polar surface area (TPSA) is 106 Å². The van der Waals surface area contributed by atoms with Gasteiger partial charge in [-0.3, -0.25) is 9.59 Å². The number of amides is 2. The largest absolute Gasteiger partial charge is 0.365 e. The average molecular weight is 324 g/mol. The number of rotatable bonds is 4. The van der Waals surface area contributed by atoms with Crippen LogP contribution in [0.4, 0.5) is 5.69 Å². The second-order valence-corrected chi connectivity index (χ2v) is 5.17. The van der Waals surface area contributed by atoms with Gasteiger partial charge in [0.1, 0.15) is 6.33 Å². The van der Waals surface area contributed by atoms with Crippen LogP contribution in [-0.4, -0.2) is 37.9 Å². The van der Waals surface area contributed by atoms with Crippen molar-refractivity contribution < 1.29 is 9.59 Å². The van der Waals surface area contributed by atoms with Crippen molar-refractivity contribution in [3.05, 3.63) is 42.4 Å². The molecule has 0 radical (unpaired) electrons. The van der Waals surface area contributed by atoms with Crippen LogP contribution in [0.25, 0.3) is 17.0 Å². The Morgan fingerprint density at radius 3 is 2.50 bits per heavy atom. The van der Waals surface area contributed by atoms with Crippen LogP contribution in [0.2, 0.25) is 0 Å². The Kier molecular flexibility index (Phi) is 3.95. The molecule has 8 nitrogen and oxygen atoms in total. The van der Waals surface area contributed by atoms with Gasteiger partial charge in [-0.05, 0) is 19.1 Å². The molecule has 1 aromatic carbocycles. The third kappa shape index (κ3) is 2.58. The van der Waals surface area contributed by atoms with Crippen LogP contribution in [0.1, 0.15) is 24.2 Å². The molecule has 0 fully saturated rings. The van der Waals surface area contributed by atoms with E-state index in [1.165, 1.54) is 24.0 Å². The molecule has 0 saturated carbocycles. The lowest BCUT2D eigenvalue weighted by atomic mass is 10.1. The van der Waals surface area contributed by atoms with Crippen molar-refractivity contribution >= 4 is 23.3 Å². The summed E-state index contributed by atoms with van der Waals surface area (Å²) < 4.78 is 1.47. The van der Waals surface area contributed by atoms with E-state index in [0.717, 1.165) is 11.3 Å². The summed E-state index contributed by atoms with van der Waals surface area (Å²) in [6.45, 7) is 4.00. The molecule has 0 bridgehead atoms. The fourth-order valence-electron chi connectivity index (χ4n) is 2.62. The molecule has 0 aliphatic rings. The quantitative estimate of drug-likeness (QED) is 0.777. The van der Waals surface area contributed by atoms with Gasteiger partial charge in [0.2, 0.25) is 5.91 Å². The molecule has 0 saturated heterocycles. The van der Waals surface area contributed by atoms with E-state index in [0.29, 0.717) is 18.0 Å². The first-order valence-corrected chi connectivity index (χ1v) is 7.40. The van der Waals surface area contributed by atoms with Crippen LogP contribution in [-0.2, 0) is 4.79 Å². The van der Waals surface area contributed by atoms with Gasteiger partial charge in [-0.25, -0.2) is 4.98 Å². The molecule has 2 N–H and O–H groups in total. The summed E-state index contributed by atoms with van der Waals surface area (Å²) in [7, 11) is 0. The van der Waals surface area contributed by atoms with Crippen LogP contribution < -0.4 is 10.6 Å². The molecule has 8 heteroatoms. The Balaban J connectivity index is 2.14. The van der Waals surface area contributed by atoms with Gasteiger partial charge in [0.15, 0.2) is 0 Å². The minimum absolute atomic E-state index is 0.0364. The summed E-state index contributed by atoms with van der Waals surface area (Å²) in [6.07, 6.45) is 2.75. The molecular weight excluding hydrogens is 308 g/mol. The fraction of sp³-hybridized carbons (Fsp3) is 0.188. The predicted molar refractivity (Wildman–Crippen MR) is 88.4 cm³/mol. The molecule has 2 aromatic heterocycles. The molecule has 122 valence electrons. The molecule has 0 unspecified atom stereocenters. The van der Waals surface area contributed by atoms with Gasteiger partial charge in [0.25, 0.3) is 11.7 Å². The number of primary amides is 1. The third-order valence-corrected chi connectivity index (χ3v) is 3.72. The van der Waals surface area contributed by atoms with E-state index in [4.69, 9.17) is 5.73 Å². The van der Waals surface area contributed by atoms with Crippen molar-refractivity contribution in [3.8, 4) is 11.3 Å². The summed E-state index contributed by atoms with van der Waals surface area (Å²) in [5.41, 5.74) is 7.73. The Hall–Kier alpha value is -3.29. The third-order valence-electron chi connectivity index (χ3n) is 3.72. The van der Waals surface area contributed by atoms with E-state index in [2.05, 4.69) is 15.1 Å². The first-order chi connectivity index (χ1) is 11.5. The molecular formula is C16H16N6O2. The van der Waals surface area contributed by atoms with Gasteiger partial charge in [-0.2, -0.15) is 14.6 Å². The number of fused-ring (bicyclic) bond motifs is 1. The number of hydrogen-bond acceptors (Lipinski definition) is 5. The average Bonchev–Trinajstić information content (AvgIpc) is 3.03. The molecule has 3 rings (SSSR count). The lowest BCUT2D eigenvalue weighted by Gasteiger charge is -2.19. The van der Waals surface area contributed by atoms with Crippen LogP contribution >= 0.6 is 0 Å². The Labute approximate surface area is 137 Å². The predicted octanol–water partition coefficient (Wildman–Crippen LogP) is 1.26. The van der Waals surface area contributed by atoms with Crippen LogP contribution in [0.5, 0.6) is 0 Å². The normalized spacial score (nSPS) is 10.8. The molecule has 0 atom stereocenters. The first-order valence-electron chi connectivity index (χ1n) is 7.40. The monoisotopic (exact) mass is 324 g/mol. The summed E-state index contributed by atoms with van der Waals surface area (Å²) in [5, 5.41) is 4.11. The van der Waals surface area contributed by atoms with E-state index >= 15 is 0 Å². The number of carbonyl (C=O) groups excluding carboxylic acids is 2. The molecule has 0 aliphatic carbocycles. The summed E-state index contributed by atoms with van der Waals surface area (Å²) in [5.74, 6) is -0.262. The van der Waals surface area contributed by atoms with Crippen LogP contribution in [0.3, 0.4) is 0 Å². The second-order valence-electron chi connectivity index (χ2n) is 5.17. The highest BCUT2D eigenvalue weighted by Crippen LogP contribution is 2.26. The smallest absolute Gasteiger partial charge is 0.252 e. The summed E-state index contributed by atoms with van der Waals surface area (Å²) >= 11 is 0. The standard InChI is InChI=1S/C16H16N6O2/c1-3-21(10(2)23)12-6-4-11(5-7-12)14-13(15(17)24)8-18-16-19-9-20-22(14)16/h4-9H,3H2,1-2H3,(H2,17,24). The lowest BCUT2D eigenvalue weighted by molar-refractivity contribution is -0.116. The number of aromatic nitrogens is 4. The van der Waals surface area contributed by atoms with E-state index < -0.39 is 5.91 Å². The summed E-state index contributed by atoms with van der Waals surface area (Å²) in [6, 6.07) is 7.25. The van der Waals surface area contributed by atoms with Crippen LogP contribution in [0.15, 0.2) is 36.8 Å². The zero-order valence-corrected chi connectivity index (χ0v) is 13.3. The fourth-order valence-corrected chi connectivity index (χ4v) is 2.62. The number of hydrogen-bond donors (Lipinski definition) is 1. The van der Waals surface area contributed by atoms with Crippen molar-refractivity contribution in [2.75, 3.05) is 11.4 Å². The van der Waals surface area contributed by atoms with Gasteiger partial charge in [0, 0.05) is 30.9 Å². The Morgan fingerprint density at radius 2 is 1.92 bits per heavy atom. The van der Waals surface area contributed by atoms with Gasteiger partial charge in [0.05, 0.1) is 11.3 Å². The maximum Gasteiger partial charge on any atom is 0.252 e. The van der Waals surface area contributed by atoms with Crippen LogP contribution in [0, 0.1) is 0 Å². The van der Waals surface area contributed by atoms with Crippen molar-refractivity contribution in [2.45, 2.75) is 13.8 Å². The highest BCUT2D eigenvalue weighted by atomic mass is 16.2. The first kappa shape index (κ1) is 15.6. The number of nitrogens with two attached hydrogens (primary N) is 1. The Morgan fingerprint density at radius 1 is 1.21 bits per heavy atom. The molecule has 3 aromatic rings. The van der Waals surface area contributed by atoms with Crippen molar-refractivity contribution in [3.63, 3.8) is 0 Å². The minimum Gasteiger partial charge on any atom is -0.365 e. The highest BCUT2D eigenvalue weighted by Gasteiger charge is 2.17. The summed E-state index contributed by atoms with van der Waals surface area (Å²) in [4.78, 5) is 33.1. The number of carbonyl (C=O) groups is 2. The van der Waals surface area contributed by atoms with Crippen molar-refractivity contribution in [1.82, 2.24) is 19.6 Å². The molecule has 2 amide bonds. The SMILES string of the molecule is CCN(C(C)=O)c1ccc(-c2c(C(N)=O)cnc3ncnn23)cc1. The molecule has 0 spiro atoms. The van der Waals surface area contributed by atoms with Gasteiger partial charge >= 0.3 is 0 Å². The highest BCUT2D eigenvalue weighted by molar-refractivity contribution is 5.99. The van der Waals surface area contributed by atoms with E-state index in [-0.39, 0.29) is 11.5 Å². The zero-order valence-electron chi connectivity index (χ0n) is 13.3. The maximum absolute atomic E-state index is 11.7. The molecule has 0 aliphatic heterocycles. The van der Waals surface area contributed by atoms with Gasteiger partial charge < -0.3 is 10.6 Å². The molecule has 2 heterocycles.